The van der Waals surface area contributed by atoms with Gasteiger partial charge in [-0.25, -0.2) is 0 Å². The number of amides is 1. The Labute approximate surface area is 199 Å². The summed E-state index contributed by atoms with van der Waals surface area (Å²) in [4.78, 5) is 17.9. The highest BCUT2D eigenvalue weighted by Gasteiger charge is 2.28. The van der Waals surface area contributed by atoms with Gasteiger partial charge in [0.1, 0.15) is 0 Å². The van der Waals surface area contributed by atoms with Gasteiger partial charge in [-0.15, -0.1) is 0 Å². The molecule has 174 valence electrons. The van der Waals surface area contributed by atoms with Gasteiger partial charge in [0.2, 0.25) is 0 Å². The molecule has 0 radical (unpaired) electrons. The maximum absolute atomic E-state index is 13.4. The number of hydrogen-bond acceptors (Lipinski definition) is 5. The first kappa shape index (κ1) is 22.1. The SMILES string of the molecule is CC(C)(C)c1noc(-c2ccccc2C(=O)N[C@@H]2CCCc3c2cnn3Cc2ccccc2)n1. The molecule has 1 atom stereocenters. The summed E-state index contributed by atoms with van der Waals surface area (Å²) < 4.78 is 7.58. The van der Waals surface area contributed by atoms with E-state index in [-0.39, 0.29) is 17.4 Å². The van der Waals surface area contributed by atoms with Crippen LogP contribution in [0.2, 0.25) is 0 Å². The third kappa shape index (κ3) is 4.38. The van der Waals surface area contributed by atoms with Gasteiger partial charge in [0.25, 0.3) is 11.8 Å². The lowest BCUT2D eigenvalue weighted by Gasteiger charge is -2.24. The average Bonchev–Trinajstić information content (AvgIpc) is 3.48. The van der Waals surface area contributed by atoms with Gasteiger partial charge in [0.05, 0.1) is 29.9 Å². The lowest BCUT2D eigenvalue weighted by Crippen LogP contribution is -2.31. The number of nitrogens with one attached hydrogen (secondary N) is 1. The largest absolute Gasteiger partial charge is 0.345 e. The van der Waals surface area contributed by atoms with E-state index >= 15 is 0 Å². The van der Waals surface area contributed by atoms with E-state index in [2.05, 4.69) is 37.4 Å². The highest BCUT2D eigenvalue weighted by molar-refractivity contribution is 6.00. The van der Waals surface area contributed by atoms with Crippen LogP contribution in [0.1, 0.15) is 72.7 Å². The Balaban J connectivity index is 1.38. The van der Waals surface area contributed by atoms with E-state index in [1.807, 2.05) is 63.4 Å². The Morgan fingerprint density at radius 3 is 2.65 bits per heavy atom. The normalized spacial score (nSPS) is 15.7. The van der Waals surface area contributed by atoms with Crippen molar-refractivity contribution >= 4 is 5.91 Å². The van der Waals surface area contributed by atoms with Crippen molar-refractivity contribution in [2.75, 3.05) is 0 Å². The molecule has 4 aromatic rings. The van der Waals surface area contributed by atoms with Crippen LogP contribution in [-0.4, -0.2) is 25.8 Å². The molecule has 1 N–H and O–H groups in total. The van der Waals surface area contributed by atoms with E-state index in [0.717, 1.165) is 31.4 Å². The number of rotatable bonds is 5. The molecule has 34 heavy (non-hydrogen) atoms. The summed E-state index contributed by atoms with van der Waals surface area (Å²) >= 11 is 0. The topological polar surface area (TPSA) is 85.8 Å². The Kier molecular flexibility index (Phi) is 5.77. The van der Waals surface area contributed by atoms with E-state index in [4.69, 9.17) is 4.52 Å². The summed E-state index contributed by atoms with van der Waals surface area (Å²) in [7, 11) is 0. The van der Waals surface area contributed by atoms with E-state index in [0.29, 0.717) is 22.8 Å². The minimum absolute atomic E-state index is 0.0818. The van der Waals surface area contributed by atoms with Crippen LogP contribution >= 0.6 is 0 Å². The third-order valence-electron chi connectivity index (χ3n) is 6.24. The second kappa shape index (κ2) is 8.89. The summed E-state index contributed by atoms with van der Waals surface area (Å²) in [5.74, 6) is 0.816. The predicted octanol–water partition coefficient (Wildman–Crippen LogP) is 5.09. The molecular formula is C27H29N5O2. The number of nitrogens with zero attached hydrogens (tertiary/aromatic N) is 4. The standard InChI is InChI=1S/C27H29N5O2/c1-27(2,3)26-30-25(34-31-26)20-13-8-7-12-19(20)24(33)29-22-14-9-15-23-21(22)16-28-32(23)17-18-10-5-4-6-11-18/h4-8,10-13,16,22H,9,14-15,17H2,1-3H3,(H,29,33)/t22-/m1/s1. The van der Waals surface area contributed by atoms with Crippen LogP contribution in [0.25, 0.3) is 11.5 Å². The third-order valence-corrected chi connectivity index (χ3v) is 6.24. The Hall–Kier alpha value is -3.74. The number of carbonyl (C=O) groups excluding carboxylic acids is 1. The molecule has 1 aliphatic rings. The lowest BCUT2D eigenvalue weighted by atomic mass is 9.92. The highest BCUT2D eigenvalue weighted by atomic mass is 16.5. The second-order valence-corrected chi connectivity index (χ2v) is 9.83. The maximum atomic E-state index is 13.4. The molecular weight excluding hydrogens is 426 g/mol. The van der Waals surface area contributed by atoms with E-state index in [1.54, 1.807) is 6.07 Å². The van der Waals surface area contributed by atoms with Crippen molar-refractivity contribution in [3.8, 4) is 11.5 Å². The Bertz CT molecular complexity index is 1300. The Morgan fingerprint density at radius 1 is 1.12 bits per heavy atom. The van der Waals surface area contributed by atoms with Crippen LogP contribution < -0.4 is 5.32 Å². The van der Waals surface area contributed by atoms with Gasteiger partial charge < -0.3 is 9.84 Å². The van der Waals surface area contributed by atoms with E-state index < -0.39 is 0 Å². The number of benzene rings is 2. The monoisotopic (exact) mass is 455 g/mol. The van der Waals surface area contributed by atoms with Crippen molar-refractivity contribution in [2.24, 2.45) is 0 Å². The second-order valence-electron chi connectivity index (χ2n) is 9.83. The molecule has 2 heterocycles. The van der Waals surface area contributed by atoms with Gasteiger partial charge >= 0.3 is 0 Å². The minimum atomic E-state index is -0.239. The van der Waals surface area contributed by atoms with Crippen LogP contribution in [0.3, 0.4) is 0 Å². The van der Waals surface area contributed by atoms with Crippen molar-refractivity contribution in [3.63, 3.8) is 0 Å². The zero-order valence-corrected chi connectivity index (χ0v) is 19.8. The van der Waals surface area contributed by atoms with Crippen molar-refractivity contribution < 1.29 is 9.32 Å². The summed E-state index contributed by atoms with van der Waals surface area (Å²) in [5.41, 5.74) is 4.43. The van der Waals surface area contributed by atoms with Gasteiger partial charge in [-0.05, 0) is 37.0 Å². The van der Waals surface area contributed by atoms with E-state index in [9.17, 15) is 4.79 Å². The summed E-state index contributed by atoms with van der Waals surface area (Å²) in [6, 6.07) is 17.6. The first-order valence-electron chi connectivity index (χ1n) is 11.7. The maximum Gasteiger partial charge on any atom is 0.258 e. The number of fused-ring (bicyclic) bond motifs is 1. The molecule has 7 nitrogen and oxygen atoms in total. The van der Waals surface area contributed by atoms with E-state index in [1.165, 1.54) is 11.3 Å². The molecule has 0 unspecified atom stereocenters. The van der Waals surface area contributed by atoms with Crippen LogP contribution in [-0.2, 0) is 18.4 Å². The molecule has 7 heteroatoms. The molecule has 5 rings (SSSR count). The Morgan fingerprint density at radius 2 is 1.88 bits per heavy atom. The van der Waals surface area contributed by atoms with Gasteiger partial charge in [0.15, 0.2) is 5.82 Å². The van der Waals surface area contributed by atoms with Crippen LogP contribution in [0, 0.1) is 0 Å². The summed E-state index contributed by atoms with van der Waals surface area (Å²) in [6.07, 6.45) is 4.75. The van der Waals surface area contributed by atoms with Crippen molar-refractivity contribution in [3.05, 3.63) is 89.0 Å². The number of carbonyl (C=O) groups is 1. The fraction of sp³-hybridized carbons (Fsp3) is 0.333. The molecule has 0 saturated carbocycles. The summed E-state index contributed by atoms with van der Waals surface area (Å²) in [5, 5.41) is 12.0. The van der Waals surface area contributed by atoms with Crippen LogP contribution in [0.15, 0.2) is 65.3 Å². The predicted molar refractivity (Wildman–Crippen MR) is 129 cm³/mol. The molecule has 0 spiro atoms. The smallest absolute Gasteiger partial charge is 0.258 e. The van der Waals surface area contributed by atoms with Gasteiger partial charge in [-0.3, -0.25) is 9.48 Å². The molecule has 1 amide bonds. The molecule has 0 saturated heterocycles. The minimum Gasteiger partial charge on any atom is -0.345 e. The van der Waals surface area contributed by atoms with Crippen LogP contribution in [0.4, 0.5) is 0 Å². The molecule has 0 fully saturated rings. The average molecular weight is 456 g/mol. The van der Waals surface area contributed by atoms with Crippen molar-refractivity contribution in [1.82, 2.24) is 25.2 Å². The molecule has 0 aliphatic heterocycles. The highest BCUT2D eigenvalue weighted by Crippen LogP contribution is 2.31. The van der Waals surface area contributed by atoms with Gasteiger partial charge in [-0.2, -0.15) is 10.1 Å². The van der Waals surface area contributed by atoms with Gasteiger partial charge in [0, 0.05) is 16.7 Å². The quantitative estimate of drug-likeness (QED) is 0.453. The lowest BCUT2D eigenvalue weighted by molar-refractivity contribution is 0.0933. The first-order valence-corrected chi connectivity index (χ1v) is 11.7. The summed E-state index contributed by atoms with van der Waals surface area (Å²) in [6.45, 7) is 6.81. The number of aromatic nitrogens is 4. The first-order chi connectivity index (χ1) is 16.4. The zero-order chi connectivity index (χ0) is 23.7. The fourth-order valence-corrected chi connectivity index (χ4v) is 4.40. The molecule has 1 aliphatic carbocycles. The molecule has 2 aromatic heterocycles. The molecule has 2 aromatic carbocycles. The number of hydrogen-bond donors (Lipinski definition) is 1. The van der Waals surface area contributed by atoms with Crippen LogP contribution in [0.5, 0.6) is 0 Å². The fourth-order valence-electron chi connectivity index (χ4n) is 4.40. The zero-order valence-electron chi connectivity index (χ0n) is 19.8. The van der Waals surface area contributed by atoms with Crippen molar-refractivity contribution in [2.45, 2.75) is 58.0 Å². The van der Waals surface area contributed by atoms with Gasteiger partial charge in [-0.1, -0.05) is 68.4 Å². The molecule has 0 bridgehead atoms. The van der Waals surface area contributed by atoms with Crippen molar-refractivity contribution in [1.29, 1.82) is 0 Å².